The van der Waals surface area contributed by atoms with Crippen molar-refractivity contribution in [3.63, 3.8) is 0 Å². The maximum Gasteiger partial charge on any atom is 0.474 e. The molecule has 1 aromatic heterocycles. The molecule has 0 saturated carbocycles. The summed E-state index contributed by atoms with van der Waals surface area (Å²) in [6.07, 6.45) is -2.38. The number of alkyl halides is 3. The Morgan fingerprint density at radius 3 is 2.29 bits per heavy atom. The number of halogens is 4. The highest BCUT2D eigenvalue weighted by atomic mass is 35.5. The third kappa shape index (κ3) is 3.63. The summed E-state index contributed by atoms with van der Waals surface area (Å²) >= 11 is 5.35. The van der Waals surface area contributed by atoms with Gasteiger partial charge in [0.1, 0.15) is 0 Å². The van der Waals surface area contributed by atoms with E-state index in [-0.39, 0.29) is 10.2 Å². The quantitative estimate of drug-likeness (QED) is 0.737. The van der Waals surface area contributed by atoms with Crippen LogP contribution in [0.5, 0.6) is 0 Å². The van der Waals surface area contributed by atoms with E-state index in [1.165, 1.54) is 0 Å². The fourth-order valence-corrected chi connectivity index (χ4v) is 1.88. The lowest BCUT2D eigenvalue weighted by Gasteiger charge is -2.04. The van der Waals surface area contributed by atoms with Crippen LogP contribution in [0.3, 0.4) is 0 Å². The van der Waals surface area contributed by atoms with Crippen molar-refractivity contribution in [3.8, 4) is 0 Å². The molecule has 1 aromatic rings. The summed E-state index contributed by atoms with van der Waals surface area (Å²) < 4.78 is 50.2. The Morgan fingerprint density at radius 1 is 1.41 bits per heavy atom. The topological polar surface area (TPSA) is 72.3 Å². The lowest BCUT2D eigenvalue weighted by molar-refractivity contribution is -0.169. The fourth-order valence-electron chi connectivity index (χ4n) is 0.759. The zero-order chi connectivity index (χ0) is 13.3. The zero-order valence-corrected chi connectivity index (χ0v) is 9.81. The maximum atomic E-state index is 11.9. The third-order valence-electron chi connectivity index (χ3n) is 1.53. The Morgan fingerprint density at radius 2 is 1.88 bits per heavy atom. The van der Waals surface area contributed by atoms with Crippen LogP contribution < -0.4 is 0 Å². The molecule has 0 unspecified atom stereocenters. The van der Waals surface area contributed by atoms with Crippen LogP contribution in [0, 0.1) is 0 Å². The van der Waals surface area contributed by atoms with Gasteiger partial charge in [-0.05, 0) is 11.6 Å². The number of carbonyl (C=O) groups excluding carboxylic acids is 1. The summed E-state index contributed by atoms with van der Waals surface area (Å²) in [6.45, 7) is 0. The Kier molecular flexibility index (Phi) is 3.72. The smallest absolute Gasteiger partial charge is 0.261 e. The van der Waals surface area contributed by atoms with Gasteiger partial charge >= 0.3 is 12.1 Å². The van der Waals surface area contributed by atoms with Crippen LogP contribution in [0.4, 0.5) is 13.2 Å². The van der Waals surface area contributed by atoms with Gasteiger partial charge in [-0.2, -0.15) is 13.2 Å². The van der Waals surface area contributed by atoms with Crippen LogP contribution in [0.2, 0.25) is 5.28 Å². The third-order valence-corrected chi connectivity index (χ3v) is 3.33. The molecule has 1 heterocycles. The van der Waals surface area contributed by atoms with E-state index in [0.29, 0.717) is 0 Å². The van der Waals surface area contributed by atoms with Gasteiger partial charge in [0, 0.05) is 18.6 Å². The minimum Gasteiger partial charge on any atom is -0.261 e. The van der Waals surface area contributed by atoms with E-state index in [9.17, 15) is 22.2 Å². The average molecular weight is 288 g/mol. The molecule has 94 valence electrons. The number of hydrogen-bond acceptors (Lipinski definition) is 4. The lowest BCUT2D eigenvalue weighted by atomic mass is 10.6. The molecule has 0 radical (unpaired) electrons. The first-order valence-electron chi connectivity index (χ1n) is 3.94. The second-order valence-corrected chi connectivity index (χ2v) is 5.48. The van der Waals surface area contributed by atoms with Crippen molar-refractivity contribution in [1.29, 1.82) is 0 Å². The summed E-state index contributed by atoms with van der Waals surface area (Å²) in [5.41, 5.74) is 0. The minimum atomic E-state index is -5.16. The van der Waals surface area contributed by atoms with Crippen molar-refractivity contribution in [2.75, 3.05) is 6.26 Å². The van der Waals surface area contributed by atoms with Gasteiger partial charge in [-0.25, -0.2) is 14.2 Å². The van der Waals surface area contributed by atoms with E-state index in [1.807, 2.05) is 0 Å². The average Bonchev–Trinajstić information content (AvgIpc) is 2.16. The monoisotopic (exact) mass is 287 g/mol. The van der Waals surface area contributed by atoms with Gasteiger partial charge in [-0.1, -0.05) is 0 Å². The molecule has 5 nitrogen and oxygen atoms in total. The first-order valence-corrected chi connectivity index (χ1v) is 6.24. The van der Waals surface area contributed by atoms with Crippen molar-refractivity contribution in [3.05, 3.63) is 17.7 Å². The number of amides is 1. The van der Waals surface area contributed by atoms with E-state index in [4.69, 9.17) is 11.6 Å². The van der Waals surface area contributed by atoms with E-state index in [0.717, 1.165) is 18.6 Å². The summed E-state index contributed by atoms with van der Waals surface area (Å²) in [6, 6.07) is 0. The van der Waals surface area contributed by atoms with Crippen molar-refractivity contribution in [1.82, 2.24) is 9.97 Å². The van der Waals surface area contributed by atoms with Crippen molar-refractivity contribution < 1.29 is 22.2 Å². The van der Waals surface area contributed by atoms with Gasteiger partial charge in [0.2, 0.25) is 5.28 Å². The van der Waals surface area contributed by atoms with Crippen LogP contribution in [-0.2, 0) is 14.5 Å². The molecule has 0 aliphatic rings. The van der Waals surface area contributed by atoms with Gasteiger partial charge in [-0.15, -0.1) is 4.36 Å². The number of aromatic nitrogens is 2. The fraction of sp³-hybridized carbons (Fsp3) is 0.286. The highest BCUT2D eigenvalue weighted by Gasteiger charge is 2.39. The summed E-state index contributed by atoms with van der Waals surface area (Å²) in [4.78, 5) is 17.2. The second-order valence-electron chi connectivity index (χ2n) is 2.88. The molecular weight excluding hydrogens is 283 g/mol. The van der Waals surface area contributed by atoms with Crippen LogP contribution in [0.25, 0.3) is 0 Å². The Labute approximate surface area is 99.2 Å². The highest BCUT2D eigenvalue weighted by molar-refractivity contribution is 7.93. The maximum absolute atomic E-state index is 11.9. The molecule has 1 rings (SSSR count). The second kappa shape index (κ2) is 4.57. The molecule has 0 aliphatic carbocycles. The van der Waals surface area contributed by atoms with Gasteiger partial charge in [0.15, 0.2) is 0 Å². The van der Waals surface area contributed by atoms with Crippen LogP contribution in [0.1, 0.15) is 0 Å². The molecular formula is C7H5ClF3N3O2S. The SMILES string of the molecule is C[S@](=O)(=NC(=O)C(F)(F)F)c1cnc(Cl)nc1. The van der Waals surface area contributed by atoms with Crippen LogP contribution in [0.15, 0.2) is 21.7 Å². The first-order chi connectivity index (χ1) is 7.63. The van der Waals surface area contributed by atoms with Gasteiger partial charge in [0.25, 0.3) is 0 Å². The zero-order valence-electron chi connectivity index (χ0n) is 8.23. The standard InChI is InChI=1S/C7H5ClF3N3O2S/c1-17(16,14-5(15)7(9,10)11)4-2-12-6(8)13-3-4/h2-3H,1H3/t17-/m1/s1. The Balaban J connectivity index is 3.20. The van der Waals surface area contributed by atoms with Crippen molar-refractivity contribution in [2.45, 2.75) is 11.1 Å². The van der Waals surface area contributed by atoms with E-state index in [1.54, 1.807) is 0 Å². The molecule has 0 saturated heterocycles. The minimum absolute atomic E-state index is 0.161. The van der Waals surface area contributed by atoms with Gasteiger partial charge < -0.3 is 0 Å². The van der Waals surface area contributed by atoms with E-state index < -0.39 is 21.8 Å². The molecule has 1 amide bonds. The molecule has 10 heteroatoms. The van der Waals surface area contributed by atoms with Crippen molar-refractivity contribution in [2.24, 2.45) is 4.36 Å². The molecule has 0 spiro atoms. The lowest BCUT2D eigenvalue weighted by Crippen LogP contribution is -2.21. The molecule has 0 aliphatic heterocycles. The predicted molar refractivity (Wildman–Crippen MR) is 52.9 cm³/mol. The van der Waals surface area contributed by atoms with Crippen LogP contribution in [-0.4, -0.2) is 32.5 Å². The van der Waals surface area contributed by atoms with E-state index >= 15 is 0 Å². The van der Waals surface area contributed by atoms with Crippen molar-refractivity contribution >= 4 is 27.2 Å². The first kappa shape index (κ1) is 13.8. The summed E-state index contributed by atoms with van der Waals surface area (Å²) in [5, 5.41) is -0.161. The number of carbonyl (C=O) groups is 1. The molecule has 0 fully saturated rings. The highest BCUT2D eigenvalue weighted by Crippen LogP contribution is 2.19. The molecule has 1 atom stereocenters. The van der Waals surface area contributed by atoms with Gasteiger partial charge in [0.05, 0.1) is 14.6 Å². The predicted octanol–water partition coefficient (Wildman–Crippen LogP) is 1.68. The largest absolute Gasteiger partial charge is 0.474 e. The van der Waals surface area contributed by atoms with E-state index in [2.05, 4.69) is 14.3 Å². The molecule has 0 aromatic carbocycles. The van der Waals surface area contributed by atoms with Gasteiger partial charge in [-0.3, -0.25) is 4.79 Å². The normalized spacial score (nSPS) is 15.1. The molecule has 17 heavy (non-hydrogen) atoms. The number of nitrogens with zero attached hydrogens (tertiary/aromatic N) is 3. The number of rotatable bonds is 1. The Hall–Kier alpha value is -1.22. The Bertz CT molecular complexity index is 548. The van der Waals surface area contributed by atoms with Crippen LogP contribution >= 0.6 is 11.6 Å². The number of hydrogen-bond donors (Lipinski definition) is 0. The molecule has 0 bridgehead atoms. The summed E-state index contributed by atoms with van der Waals surface area (Å²) in [7, 11) is -3.54. The molecule has 0 N–H and O–H groups in total. The summed E-state index contributed by atoms with van der Waals surface area (Å²) in [5.74, 6) is -2.42.